The number of ether oxygens (including phenoxy) is 1. The zero-order valence-electron chi connectivity index (χ0n) is 13.9. The molecule has 24 heavy (non-hydrogen) atoms. The molecule has 1 saturated heterocycles. The third-order valence-electron chi connectivity index (χ3n) is 4.78. The van der Waals surface area contributed by atoms with Crippen LogP contribution in [0, 0.1) is 0 Å². The maximum atomic E-state index is 6.03. The van der Waals surface area contributed by atoms with E-state index in [1.807, 2.05) is 18.5 Å². The highest BCUT2D eigenvalue weighted by Gasteiger charge is 2.24. The molecule has 2 aromatic heterocycles. The second kappa shape index (κ2) is 6.87. The number of nitrogens with zero attached hydrogens (tertiary/aromatic N) is 2. The van der Waals surface area contributed by atoms with Crippen molar-refractivity contribution in [3.63, 3.8) is 0 Å². The van der Waals surface area contributed by atoms with Gasteiger partial charge in [-0.15, -0.1) is 0 Å². The van der Waals surface area contributed by atoms with Gasteiger partial charge in [-0.25, -0.2) is 4.98 Å². The topological polar surface area (TPSA) is 73.1 Å². The number of aromatic nitrogens is 2. The van der Waals surface area contributed by atoms with E-state index in [0.717, 1.165) is 42.8 Å². The Hall–Kier alpha value is -1.98. The first-order valence-electron chi connectivity index (χ1n) is 8.82. The third-order valence-corrected chi connectivity index (χ3v) is 4.78. The molecular formula is C19H24N4O. The second-order valence-corrected chi connectivity index (χ2v) is 6.83. The zero-order valence-corrected chi connectivity index (χ0v) is 13.9. The van der Waals surface area contributed by atoms with E-state index in [9.17, 15) is 0 Å². The van der Waals surface area contributed by atoms with E-state index in [1.54, 1.807) is 0 Å². The van der Waals surface area contributed by atoms with E-state index >= 15 is 0 Å². The summed E-state index contributed by atoms with van der Waals surface area (Å²) in [6.45, 7) is 2.68. The van der Waals surface area contributed by atoms with Gasteiger partial charge in [0.2, 0.25) is 0 Å². The molecule has 2 fully saturated rings. The van der Waals surface area contributed by atoms with Gasteiger partial charge >= 0.3 is 0 Å². The first-order chi connectivity index (χ1) is 11.8. The van der Waals surface area contributed by atoms with E-state index in [0.29, 0.717) is 24.4 Å². The molecule has 5 heteroatoms. The van der Waals surface area contributed by atoms with Crippen molar-refractivity contribution < 1.29 is 4.74 Å². The summed E-state index contributed by atoms with van der Waals surface area (Å²) in [5.74, 6) is 1.25. The number of nitrogen functional groups attached to an aromatic ring is 1. The van der Waals surface area contributed by atoms with Crippen LogP contribution in [0.3, 0.4) is 0 Å². The van der Waals surface area contributed by atoms with Gasteiger partial charge in [-0.3, -0.25) is 4.98 Å². The van der Waals surface area contributed by atoms with Crippen LogP contribution in [0.25, 0.3) is 11.3 Å². The summed E-state index contributed by atoms with van der Waals surface area (Å²) in [6.07, 6.45) is 8.74. The Morgan fingerprint density at radius 1 is 1.08 bits per heavy atom. The summed E-state index contributed by atoms with van der Waals surface area (Å²) in [5, 5.41) is 3.36. The van der Waals surface area contributed by atoms with Crippen LogP contribution in [-0.2, 0) is 11.3 Å². The third kappa shape index (κ3) is 3.74. The molecular weight excluding hydrogens is 300 g/mol. The number of rotatable bonds is 5. The minimum atomic E-state index is 0.349. The fraction of sp³-hybridized carbons (Fsp3) is 0.474. The van der Waals surface area contributed by atoms with Crippen LogP contribution in [0.4, 0.5) is 5.82 Å². The SMILES string of the molecule is Nc1cc(C2CC2)cc(-c2cncc(COC3CCNCC3)c2)n1. The number of pyridine rings is 2. The highest BCUT2D eigenvalue weighted by molar-refractivity contribution is 5.62. The normalized spacial score (nSPS) is 18.7. The number of piperidine rings is 1. The average Bonchev–Trinajstić information content (AvgIpc) is 3.46. The van der Waals surface area contributed by atoms with E-state index in [1.165, 1.54) is 18.4 Å². The molecule has 5 nitrogen and oxygen atoms in total. The molecule has 126 valence electrons. The van der Waals surface area contributed by atoms with Gasteiger partial charge in [0.15, 0.2) is 0 Å². The Morgan fingerprint density at radius 2 is 1.92 bits per heavy atom. The van der Waals surface area contributed by atoms with Crippen LogP contribution in [0.5, 0.6) is 0 Å². The van der Waals surface area contributed by atoms with E-state index in [4.69, 9.17) is 10.5 Å². The predicted octanol–water partition coefficient (Wildman–Crippen LogP) is 2.87. The van der Waals surface area contributed by atoms with Crippen molar-refractivity contribution >= 4 is 5.82 Å². The number of hydrogen-bond donors (Lipinski definition) is 2. The molecule has 4 rings (SSSR count). The lowest BCUT2D eigenvalue weighted by Gasteiger charge is -2.22. The smallest absolute Gasteiger partial charge is 0.124 e. The zero-order chi connectivity index (χ0) is 16.4. The molecule has 3 heterocycles. The van der Waals surface area contributed by atoms with Crippen LogP contribution >= 0.6 is 0 Å². The lowest BCUT2D eigenvalue weighted by molar-refractivity contribution is 0.0211. The molecule has 0 atom stereocenters. The molecule has 0 aromatic carbocycles. The number of hydrogen-bond acceptors (Lipinski definition) is 5. The van der Waals surface area contributed by atoms with E-state index in [2.05, 4.69) is 27.4 Å². The molecule has 1 aliphatic heterocycles. The Morgan fingerprint density at radius 3 is 2.71 bits per heavy atom. The maximum Gasteiger partial charge on any atom is 0.124 e. The van der Waals surface area contributed by atoms with Gasteiger partial charge in [0.1, 0.15) is 5.82 Å². The standard InChI is InChI=1S/C19H24N4O/c20-19-9-15(14-1-2-14)8-18(23-19)16-7-13(10-22-11-16)12-24-17-3-5-21-6-4-17/h7-11,14,17,21H,1-6,12H2,(H2,20,23). The van der Waals surface area contributed by atoms with Crippen LogP contribution in [-0.4, -0.2) is 29.2 Å². The molecule has 0 unspecified atom stereocenters. The number of anilines is 1. The van der Waals surface area contributed by atoms with Crippen LogP contribution in [0.2, 0.25) is 0 Å². The predicted molar refractivity (Wildman–Crippen MR) is 94.5 cm³/mol. The summed E-state index contributed by atoms with van der Waals surface area (Å²) in [5.41, 5.74) is 10.3. The van der Waals surface area contributed by atoms with Gasteiger partial charge in [0, 0.05) is 18.0 Å². The summed E-state index contributed by atoms with van der Waals surface area (Å²) in [4.78, 5) is 8.87. The van der Waals surface area contributed by atoms with Gasteiger partial charge in [-0.1, -0.05) is 0 Å². The average molecular weight is 324 g/mol. The van der Waals surface area contributed by atoms with Crippen LogP contribution < -0.4 is 11.1 Å². The summed E-state index contributed by atoms with van der Waals surface area (Å²) < 4.78 is 6.03. The largest absolute Gasteiger partial charge is 0.384 e. The van der Waals surface area contributed by atoms with Gasteiger partial charge in [-0.05, 0) is 74.0 Å². The van der Waals surface area contributed by atoms with Gasteiger partial charge in [-0.2, -0.15) is 0 Å². The molecule has 2 aliphatic rings. The molecule has 3 N–H and O–H groups in total. The van der Waals surface area contributed by atoms with Crippen molar-refractivity contribution in [1.29, 1.82) is 0 Å². The van der Waals surface area contributed by atoms with Crippen molar-refractivity contribution in [2.24, 2.45) is 0 Å². The molecule has 0 spiro atoms. The fourth-order valence-corrected chi connectivity index (χ4v) is 3.26. The van der Waals surface area contributed by atoms with Crippen molar-refractivity contribution in [3.05, 3.63) is 41.7 Å². The monoisotopic (exact) mass is 324 g/mol. The Balaban J connectivity index is 1.49. The summed E-state index contributed by atoms with van der Waals surface area (Å²) >= 11 is 0. The van der Waals surface area contributed by atoms with Crippen LogP contribution in [0.15, 0.2) is 30.6 Å². The molecule has 2 aromatic rings. The Bertz CT molecular complexity index is 708. The molecule has 1 aliphatic carbocycles. The maximum absolute atomic E-state index is 6.03. The van der Waals surface area contributed by atoms with E-state index < -0.39 is 0 Å². The molecule has 0 radical (unpaired) electrons. The summed E-state index contributed by atoms with van der Waals surface area (Å²) in [7, 11) is 0. The minimum absolute atomic E-state index is 0.349. The highest BCUT2D eigenvalue weighted by atomic mass is 16.5. The number of nitrogens with one attached hydrogen (secondary N) is 1. The lowest BCUT2D eigenvalue weighted by atomic mass is 10.1. The van der Waals surface area contributed by atoms with Crippen molar-refractivity contribution in [1.82, 2.24) is 15.3 Å². The summed E-state index contributed by atoms with van der Waals surface area (Å²) in [6, 6.07) is 6.27. The van der Waals surface area contributed by atoms with Crippen molar-refractivity contribution in [2.45, 2.75) is 44.3 Å². The quantitative estimate of drug-likeness (QED) is 0.885. The second-order valence-electron chi connectivity index (χ2n) is 6.83. The molecule has 0 bridgehead atoms. The molecule has 0 amide bonds. The van der Waals surface area contributed by atoms with Gasteiger partial charge in [0.25, 0.3) is 0 Å². The van der Waals surface area contributed by atoms with E-state index in [-0.39, 0.29) is 0 Å². The first kappa shape index (κ1) is 15.5. The Labute approximate surface area is 142 Å². The van der Waals surface area contributed by atoms with Gasteiger partial charge in [0.05, 0.1) is 18.4 Å². The lowest BCUT2D eigenvalue weighted by Crippen LogP contribution is -2.32. The van der Waals surface area contributed by atoms with Gasteiger partial charge < -0.3 is 15.8 Å². The highest BCUT2D eigenvalue weighted by Crippen LogP contribution is 2.41. The fourth-order valence-electron chi connectivity index (χ4n) is 3.26. The number of nitrogens with two attached hydrogens (primary N) is 1. The van der Waals surface area contributed by atoms with Crippen LogP contribution in [0.1, 0.15) is 42.7 Å². The molecule has 1 saturated carbocycles. The Kier molecular flexibility index (Phi) is 4.45. The minimum Gasteiger partial charge on any atom is -0.384 e. The van der Waals surface area contributed by atoms with Crippen molar-refractivity contribution in [2.75, 3.05) is 18.8 Å². The van der Waals surface area contributed by atoms with Crippen molar-refractivity contribution in [3.8, 4) is 11.3 Å². The first-order valence-corrected chi connectivity index (χ1v) is 8.82.